The summed E-state index contributed by atoms with van der Waals surface area (Å²) >= 11 is 0. The van der Waals surface area contributed by atoms with Crippen LogP contribution < -0.4 is 9.47 Å². The SMILES string of the molecule is COc1ccc(C(=O)COC(=O)C(C)(C)c2ccccc2)cc1OC. The molecule has 0 atom stereocenters. The van der Waals surface area contributed by atoms with Crippen LogP contribution in [-0.4, -0.2) is 32.6 Å². The van der Waals surface area contributed by atoms with Gasteiger partial charge in [-0.1, -0.05) is 30.3 Å². The fourth-order valence-corrected chi connectivity index (χ4v) is 2.38. The highest BCUT2D eigenvalue weighted by Crippen LogP contribution is 2.28. The number of Topliss-reactive ketones (excluding diaryl/α,β-unsaturated/α-hetero) is 1. The van der Waals surface area contributed by atoms with E-state index in [1.165, 1.54) is 14.2 Å². The molecule has 0 radical (unpaired) electrons. The summed E-state index contributed by atoms with van der Waals surface area (Å²) < 4.78 is 15.6. The monoisotopic (exact) mass is 342 g/mol. The third kappa shape index (κ3) is 4.18. The van der Waals surface area contributed by atoms with Crippen LogP contribution in [0.3, 0.4) is 0 Å². The molecule has 0 aliphatic heterocycles. The van der Waals surface area contributed by atoms with E-state index in [2.05, 4.69) is 0 Å². The Morgan fingerprint density at radius 2 is 1.56 bits per heavy atom. The van der Waals surface area contributed by atoms with Crippen molar-refractivity contribution in [2.24, 2.45) is 0 Å². The molecule has 25 heavy (non-hydrogen) atoms. The van der Waals surface area contributed by atoms with E-state index in [9.17, 15) is 9.59 Å². The Bertz CT molecular complexity index is 750. The first-order valence-corrected chi connectivity index (χ1v) is 7.88. The summed E-state index contributed by atoms with van der Waals surface area (Å²) in [4.78, 5) is 24.7. The van der Waals surface area contributed by atoms with Gasteiger partial charge < -0.3 is 14.2 Å². The van der Waals surface area contributed by atoms with Gasteiger partial charge in [-0.2, -0.15) is 0 Å². The quantitative estimate of drug-likeness (QED) is 0.570. The van der Waals surface area contributed by atoms with Gasteiger partial charge in [-0.3, -0.25) is 9.59 Å². The number of carbonyl (C=O) groups excluding carboxylic acids is 2. The van der Waals surface area contributed by atoms with Gasteiger partial charge in [0.25, 0.3) is 0 Å². The summed E-state index contributed by atoms with van der Waals surface area (Å²) in [7, 11) is 3.02. The van der Waals surface area contributed by atoms with Crippen molar-refractivity contribution in [2.45, 2.75) is 19.3 Å². The summed E-state index contributed by atoms with van der Waals surface area (Å²) in [5.74, 6) is 0.219. The Morgan fingerprint density at radius 3 is 2.16 bits per heavy atom. The number of ether oxygens (including phenoxy) is 3. The van der Waals surface area contributed by atoms with Gasteiger partial charge in [-0.15, -0.1) is 0 Å². The molecular formula is C20H22O5. The largest absolute Gasteiger partial charge is 0.493 e. The first kappa shape index (κ1) is 18.5. The van der Waals surface area contributed by atoms with Crippen molar-refractivity contribution < 1.29 is 23.8 Å². The average molecular weight is 342 g/mol. The summed E-state index contributed by atoms with van der Waals surface area (Å²) in [6.07, 6.45) is 0. The summed E-state index contributed by atoms with van der Waals surface area (Å²) in [6.45, 7) is 3.21. The number of methoxy groups -OCH3 is 2. The van der Waals surface area contributed by atoms with Gasteiger partial charge in [0.05, 0.1) is 19.6 Å². The van der Waals surface area contributed by atoms with Gasteiger partial charge in [0.15, 0.2) is 23.9 Å². The molecule has 0 aliphatic carbocycles. The number of esters is 1. The molecule has 0 amide bonds. The highest BCUT2D eigenvalue weighted by atomic mass is 16.5. The van der Waals surface area contributed by atoms with Crippen LogP contribution in [-0.2, 0) is 14.9 Å². The Morgan fingerprint density at radius 1 is 0.920 bits per heavy atom. The van der Waals surface area contributed by atoms with Gasteiger partial charge in [-0.05, 0) is 37.6 Å². The first-order chi connectivity index (χ1) is 11.9. The maximum Gasteiger partial charge on any atom is 0.316 e. The number of hydrogen-bond acceptors (Lipinski definition) is 5. The van der Waals surface area contributed by atoms with E-state index in [-0.39, 0.29) is 12.4 Å². The van der Waals surface area contributed by atoms with Crippen LogP contribution in [0.25, 0.3) is 0 Å². The number of ketones is 1. The lowest BCUT2D eigenvalue weighted by Gasteiger charge is -2.22. The number of hydrogen-bond donors (Lipinski definition) is 0. The van der Waals surface area contributed by atoms with Crippen molar-refractivity contribution in [1.82, 2.24) is 0 Å². The van der Waals surface area contributed by atoms with Crippen LogP contribution >= 0.6 is 0 Å². The minimum Gasteiger partial charge on any atom is -0.493 e. The zero-order chi connectivity index (χ0) is 18.4. The van der Waals surface area contributed by atoms with E-state index in [4.69, 9.17) is 14.2 Å². The summed E-state index contributed by atoms with van der Waals surface area (Å²) in [6, 6.07) is 14.1. The van der Waals surface area contributed by atoms with Crippen molar-refractivity contribution >= 4 is 11.8 Å². The van der Waals surface area contributed by atoms with E-state index in [0.717, 1.165) is 5.56 Å². The Labute approximate surface area is 147 Å². The van der Waals surface area contributed by atoms with Crippen molar-refractivity contribution in [3.05, 3.63) is 59.7 Å². The van der Waals surface area contributed by atoms with Gasteiger partial charge in [0.2, 0.25) is 0 Å². The molecule has 0 saturated carbocycles. The standard InChI is InChI=1S/C20H22O5/c1-20(2,15-8-6-5-7-9-15)19(22)25-13-16(21)14-10-11-17(23-3)18(12-14)24-4/h5-12H,13H2,1-4H3. The molecule has 0 aliphatic rings. The maximum absolute atomic E-state index is 12.4. The fraction of sp³-hybridized carbons (Fsp3) is 0.300. The molecule has 0 fully saturated rings. The minimum atomic E-state index is -0.834. The highest BCUT2D eigenvalue weighted by molar-refractivity contribution is 5.99. The van der Waals surface area contributed by atoms with E-state index < -0.39 is 11.4 Å². The molecule has 0 spiro atoms. The fourth-order valence-electron chi connectivity index (χ4n) is 2.38. The lowest BCUT2D eigenvalue weighted by molar-refractivity contribution is -0.148. The van der Waals surface area contributed by atoms with Gasteiger partial charge in [0.1, 0.15) is 0 Å². The van der Waals surface area contributed by atoms with Crippen LogP contribution in [0.1, 0.15) is 29.8 Å². The maximum atomic E-state index is 12.4. The normalized spacial score (nSPS) is 10.9. The van der Waals surface area contributed by atoms with Crippen molar-refractivity contribution in [3.8, 4) is 11.5 Å². The Hall–Kier alpha value is -2.82. The van der Waals surface area contributed by atoms with E-state index in [1.54, 1.807) is 32.0 Å². The van der Waals surface area contributed by atoms with Crippen LogP contribution in [0.4, 0.5) is 0 Å². The lowest BCUT2D eigenvalue weighted by atomic mass is 9.85. The molecule has 132 valence electrons. The second-order valence-electron chi connectivity index (χ2n) is 6.06. The molecule has 0 saturated heterocycles. The lowest BCUT2D eigenvalue weighted by Crippen LogP contribution is -2.32. The van der Waals surface area contributed by atoms with Gasteiger partial charge >= 0.3 is 5.97 Å². The molecule has 5 nitrogen and oxygen atoms in total. The predicted octanol–water partition coefficient (Wildman–Crippen LogP) is 3.41. The molecule has 0 aromatic heterocycles. The van der Waals surface area contributed by atoms with Gasteiger partial charge in [0, 0.05) is 5.56 Å². The predicted molar refractivity (Wildman–Crippen MR) is 94.3 cm³/mol. The van der Waals surface area contributed by atoms with Gasteiger partial charge in [-0.25, -0.2) is 0 Å². The van der Waals surface area contributed by atoms with Crippen LogP contribution in [0, 0.1) is 0 Å². The molecule has 2 aromatic rings. The molecule has 0 unspecified atom stereocenters. The molecule has 0 bridgehead atoms. The number of rotatable bonds is 7. The number of carbonyl (C=O) groups is 2. The highest BCUT2D eigenvalue weighted by Gasteiger charge is 2.31. The van der Waals surface area contributed by atoms with Crippen molar-refractivity contribution in [3.63, 3.8) is 0 Å². The van der Waals surface area contributed by atoms with E-state index >= 15 is 0 Å². The van der Waals surface area contributed by atoms with E-state index in [0.29, 0.717) is 17.1 Å². The number of benzene rings is 2. The minimum absolute atomic E-state index is 0.307. The Balaban J connectivity index is 2.05. The third-order valence-corrected chi connectivity index (χ3v) is 4.05. The summed E-state index contributed by atoms with van der Waals surface area (Å²) in [5.41, 5.74) is 0.389. The summed E-state index contributed by atoms with van der Waals surface area (Å²) in [5, 5.41) is 0. The van der Waals surface area contributed by atoms with Crippen molar-refractivity contribution in [1.29, 1.82) is 0 Å². The van der Waals surface area contributed by atoms with Crippen molar-refractivity contribution in [2.75, 3.05) is 20.8 Å². The second kappa shape index (κ2) is 7.83. The second-order valence-corrected chi connectivity index (χ2v) is 6.06. The van der Waals surface area contributed by atoms with E-state index in [1.807, 2.05) is 30.3 Å². The third-order valence-electron chi connectivity index (χ3n) is 4.05. The zero-order valence-electron chi connectivity index (χ0n) is 14.9. The Kier molecular flexibility index (Phi) is 5.80. The molecular weight excluding hydrogens is 320 g/mol. The smallest absolute Gasteiger partial charge is 0.316 e. The average Bonchev–Trinajstić information content (AvgIpc) is 2.65. The topological polar surface area (TPSA) is 61.8 Å². The molecule has 2 rings (SSSR count). The zero-order valence-corrected chi connectivity index (χ0v) is 14.9. The van der Waals surface area contributed by atoms with Crippen LogP contribution in [0.5, 0.6) is 11.5 Å². The van der Waals surface area contributed by atoms with Crippen LogP contribution in [0.15, 0.2) is 48.5 Å². The molecule has 0 heterocycles. The molecule has 0 N–H and O–H groups in total. The molecule has 5 heteroatoms. The first-order valence-electron chi connectivity index (χ1n) is 7.88. The molecule has 2 aromatic carbocycles. The van der Waals surface area contributed by atoms with Crippen LogP contribution in [0.2, 0.25) is 0 Å².